The zero-order valence-corrected chi connectivity index (χ0v) is 13.2. The fourth-order valence-electron chi connectivity index (χ4n) is 2.20. The highest BCUT2D eigenvalue weighted by molar-refractivity contribution is 5.69. The molecular weight excluding hydrogens is 284 g/mol. The van der Waals surface area contributed by atoms with E-state index in [4.69, 9.17) is 4.74 Å². The maximum absolute atomic E-state index is 12.2. The number of amides is 1. The number of nitrogens with zero attached hydrogens (tertiary/aromatic N) is 2. The second-order valence-electron chi connectivity index (χ2n) is 6.58. The summed E-state index contributed by atoms with van der Waals surface area (Å²) in [5, 5.41) is 10.8. The number of carbonyl (C=O) groups is 1. The lowest BCUT2D eigenvalue weighted by Gasteiger charge is -2.27. The number of non-ortho nitro benzene ring substituents is 1. The highest BCUT2D eigenvalue weighted by atomic mass is 16.6. The fourth-order valence-corrected chi connectivity index (χ4v) is 2.20. The van der Waals surface area contributed by atoms with Gasteiger partial charge in [0.2, 0.25) is 0 Å². The first-order chi connectivity index (χ1) is 10.3. The van der Waals surface area contributed by atoms with Gasteiger partial charge in [-0.05, 0) is 45.6 Å². The number of nitro groups is 1. The molecular formula is C16H22N2O4. The van der Waals surface area contributed by atoms with Crippen LogP contribution in [0.25, 0.3) is 0 Å². The van der Waals surface area contributed by atoms with E-state index in [-0.39, 0.29) is 17.8 Å². The van der Waals surface area contributed by atoms with Gasteiger partial charge >= 0.3 is 6.09 Å². The highest BCUT2D eigenvalue weighted by Gasteiger charge is 2.34. The summed E-state index contributed by atoms with van der Waals surface area (Å²) in [6.07, 6.45) is 2.26. The van der Waals surface area contributed by atoms with Gasteiger partial charge in [-0.25, -0.2) is 4.79 Å². The molecule has 120 valence electrons. The molecule has 1 fully saturated rings. The van der Waals surface area contributed by atoms with E-state index >= 15 is 0 Å². The van der Waals surface area contributed by atoms with Crippen molar-refractivity contribution >= 4 is 11.8 Å². The monoisotopic (exact) mass is 306 g/mol. The zero-order valence-electron chi connectivity index (χ0n) is 13.2. The van der Waals surface area contributed by atoms with Crippen LogP contribution < -0.4 is 0 Å². The minimum absolute atomic E-state index is 0.0766. The van der Waals surface area contributed by atoms with Crippen molar-refractivity contribution in [2.75, 3.05) is 6.54 Å². The van der Waals surface area contributed by atoms with E-state index in [1.165, 1.54) is 6.07 Å². The molecule has 1 aliphatic rings. The molecule has 0 N–H and O–H groups in total. The number of ether oxygens (including phenoxy) is 1. The quantitative estimate of drug-likeness (QED) is 0.616. The van der Waals surface area contributed by atoms with Crippen molar-refractivity contribution < 1.29 is 14.5 Å². The van der Waals surface area contributed by atoms with Crippen molar-refractivity contribution in [3.05, 3.63) is 39.9 Å². The van der Waals surface area contributed by atoms with Crippen LogP contribution in [0.4, 0.5) is 10.5 Å². The smallest absolute Gasteiger partial charge is 0.410 e. The number of hydrogen-bond acceptors (Lipinski definition) is 4. The van der Waals surface area contributed by atoms with Gasteiger partial charge in [-0.1, -0.05) is 12.1 Å². The van der Waals surface area contributed by atoms with E-state index in [2.05, 4.69) is 0 Å². The number of hydrogen-bond donors (Lipinski definition) is 0. The van der Waals surface area contributed by atoms with Gasteiger partial charge in [0.05, 0.1) is 4.92 Å². The SMILES string of the molecule is CC(C)(C)OC(=O)N(CCc1cccc([N+](=O)[O-])c1)C1CC1. The Morgan fingerprint density at radius 1 is 1.41 bits per heavy atom. The molecule has 0 saturated heterocycles. The van der Waals surface area contributed by atoms with Crippen LogP contribution >= 0.6 is 0 Å². The van der Waals surface area contributed by atoms with Gasteiger partial charge < -0.3 is 9.64 Å². The summed E-state index contributed by atoms with van der Waals surface area (Å²) in [5.41, 5.74) is 0.409. The highest BCUT2D eigenvalue weighted by Crippen LogP contribution is 2.28. The van der Waals surface area contributed by atoms with Crippen LogP contribution in [-0.4, -0.2) is 34.1 Å². The largest absolute Gasteiger partial charge is 0.444 e. The summed E-state index contributed by atoms with van der Waals surface area (Å²) in [6, 6.07) is 6.78. The third-order valence-corrected chi connectivity index (χ3v) is 3.38. The molecule has 1 amide bonds. The molecule has 1 saturated carbocycles. The zero-order chi connectivity index (χ0) is 16.3. The Labute approximate surface area is 130 Å². The van der Waals surface area contributed by atoms with Crippen molar-refractivity contribution in [1.82, 2.24) is 4.90 Å². The third kappa shape index (κ3) is 4.72. The molecule has 2 rings (SSSR count). The fraction of sp³-hybridized carbons (Fsp3) is 0.562. The van der Waals surface area contributed by atoms with Gasteiger partial charge in [0.1, 0.15) is 5.60 Å². The number of nitro benzene ring substituents is 1. The van der Waals surface area contributed by atoms with Gasteiger partial charge in [-0.15, -0.1) is 0 Å². The minimum Gasteiger partial charge on any atom is -0.444 e. The number of rotatable bonds is 5. The molecule has 0 atom stereocenters. The van der Waals surface area contributed by atoms with Crippen LogP contribution in [0.15, 0.2) is 24.3 Å². The molecule has 0 bridgehead atoms. The second kappa shape index (κ2) is 6.34. The third-order valence-electron chi connectivity index (χ3n) is 3.38. The van der Waals surface area contributed by atoms with Crippen LogP contribution in [0, 0.1) is 10.1 Å². The lowest BCUT2D eigenvalue weighted by atomic mass is 10.1. The molecule has 1 aromatic rings. The van der Waals surface area contributed by atoms with Gasteiger partial charge in [-0.2, -0.15) is 0 Å². The molecule has 22 heavy (non-hydrogen) atoms. The van der Waals surface area contributed by atoms with Crippen molar-refractivity contribution in [3.8, 4) is 0 Å². The van der Waals surface area contributed by atoms with Gasteiger partial charge in [-0.3, -0.25) is 10.1 Å². The van der Waals surface area contributed by atoms with Crippen LogP contribution in [0.1, 0.15) is 39.2 Å². The van der Waals surface area contributed by atoms with E-state index in [1.54, 1.807) is 17.0 Å². The predicted molar refractivity (Wildman–Crippen MR) is 82.8 cm³/mol. The first kappa shape index (κ1) is 16.3. The lowest BCUT2D eigenvalue weighted by Crippen LogP contribution is -2.39. The van der Waals surface area contributed by atoms with Crippen molar-refractivity contribution in [2.45, 2.75) is 51.7 Å². The lowest BCUT2D eigenvalue weighted by molar-refractivity contribution is -0.384. The maximum Gasteiger partial charge on any atom is 0.410 e. The molecule has 0 unspecified atom stereocenters. The van der Waals surface area contributed by atoms with E-state index in [0.717, 1.165) is 18.4 Å². The van der Waals surface area contributed by atoms with E-state index in [0.29, 0.717) is 13.0 Å². The first-order valence-corrected chi connectivity index (χ1v) is 7.49. The summed E-state index contributed by atoms with van der Waals surface area (Å²) in [6.45, 7) is 6.05. The van der Waals surface area contributed by atoms with E-state index < -0.39 is 10.5 Å². The normalized spacial score (nSPS) is 14.5. The van der Waals surface area contributed by atoms with Gasteiger partial charge in [0.25, 0.3) is 5.69 Å². The molecule has 0 aromatic heterocycles. The molecule has 0 radical (unpaired) electrons. The minimum atomic E-state index is -0.518. The van der Waals surface area contributed by atoms with Crippen molar-refractivity contribution in [2.24, 2.45) is 0 Å². The average molecular weight is 306 g/mol. The summed E-state index contributed by atoms with van der Waals surface area (Å²) in [5.74, 6) is 0. The van der Waals surface area contributed by atoms with Crippen LogP contribution in [0.2, 0.25) is 0 Å². The van der Waals surface area contributed by atoms with E-state index in [9.17, 15) is 14.9 Å². The molecule has 1 aromatic carbocycles. The van der Waals surface area contributed by atoms with Gasteiger partial charge in [0, 0.05) is 24.7 Å². The average Bonchev–Trinajstić information content (AvgIpc) is 3.22. The summed E-state index contributed by atoms with van der Waals surface area (Å²) in [7, 11) is 0. The van der Waals surface area contributed by atoms with Gasteiger partial charge in [0.15, 0.2) is 0 Å². The Hall–Kier alpha value is -2.11. The molecule has 6 heteroatoms. The maximum atomic E-state index is 12.2. The van der Waals surface area contributed by atoms with Crippen LogP contribution in [0.5, 0.6) is 0 Å². The van der Waals surface area contributed by atoms with Crippen molar-refractivity contribution in [3.63, 3.8) is 0 Å². The van der Waals surface area contributed by atoms with Crippen molar-refractivity contribution in [1.29, 1.82) is 0 Å². The summed E-state index contributed by atoms with van der Waals surface area (Å²) < 4.78 is 5.43. The first-order valence-electron chi connectivity index (χ1n) is 7.49. The Balaban J connectivity index is 1.99. The Bertz CT molecular complexity index is 562. The molecule has 0 aliphatic heterocycles. The summed E-state index contributed by atoms with van der Waals surface area (Å²) in [4.78, 5) is 24.4. The second-order valence-corrected chi connectivity index (χ2v) is 6.58. The summed E-state index contributed by atoms with van der Waals surface area (Å²) >= 11 is 0. The Morgan fingerprint density at radius 2 is 2.09 bits per heavy atom. The molecule has 0 spiro atoms. The molecule has 0 heterocycles. The topological polar surface area (TPSA) is 72.7 Å². The Morgan fingerprint density at radius 3 is 2.64 bits per heavy atom. The number of benzene rings is 1. The predicted octanol–water partition coefficient (Wildman–Crippen LogP) is 3.54. The molecule has 1 aliphatic carbocycles. The van der Waals surface area contributed by atoms with Crippen LogP contribution in [0.3, 0.4) is 0 Å². The molecule has 6 nitrogen and oxygen atoms in total. The Kier molecular flexibility index (Phi) is 4.68. The standard InChI is InChI=1S/C16H22N2O4/c1-16(2,3)22-15(19)17(13-7-8-13)10-9-12-5-4-6-14(11-12)18(20)21/h4-6,11,13H,7-10H2,1-3H3. The van der Waals surface area contributed by atoms with E-state index in [1.807, 2.05) is 26.8 Å². The van der Waals surface area contributed by atoms with Crippen LogP contribution in [-0.2, 0) is 11.2 Å². The number of carbonyl (C=O) groups excluding carboxylic acids is 1.